The van der Waals surface area contributed by atoms with Crippen LogP contribution in [0.15, 0.2) is 18.2 Å². The van der Waals surface area contributed by atoms with Gasteiger partial charge in [0.15, 0.2) is 0 Å². The first kappa shape index (κ1) is 13.3. The highest BCUT2D eigenvalue weighted by Crippen LogP contribution is 2.37. The maximum atomic E-state index is 12.6. The number of hydrogen-bond donors (Lipinski definition) is 0. The van der Waals surface area contributed by atoms with Crippen LogP contribution >= 0.6 is 0 Å². The van der Waals surface area contributed by atoms with Gasteiger partial charge in [-0.25, -0.2) is 0 Å². The average molecular weight is 274 g/mol. The molecule has 1 saturated heterocycles. The lowest BCUT2D eigenvalue weighted by Crippen LogP contribution is -2.25. The smallest absolute Gasteiger partial charge is 0.306 e. The van der Waals surface area contributed by atoms with Crippen LogP contribution in [0.4, 0.5) is 24.5 Å². The van der Waals surface area contributed by atoms with Crippen molar-refractivity contribution in [3.8, 4) is 0 Å². The number of rotatable bonds is 2. The van der Waals surface area contributed by atoms with Crippen LogP contribution in [-0.4, -0.2) is 17.4 Å². The van der Waals surface area contributed by atoms with Gasteiger partial charge in [0, 0.05) is 19.0 Å². The molecule has 1 aromatic rings. The third kappa shape index (κ3) is 2.51. The molecule has 1 aliphatic heterocycles. The van der Waals surface area contributed by atoms with E-state index in [4.69, 9.17) is 0 Å². The lowest BCUT2D eigenvalue weighted by Gasteiger charge is -2.17. The second-order valence-corrected chi connectivity index (χ2v) is 4.11. The van der Waals surface area contributed by atoms with E-state index in [1.54, 1.807) is 0 Å². The van der Waals surface area contributed by atoms with E-state index in [2.05, 4.69) is 0 Å². The Morgan fingerprint density at radius 2 is 2.00 bits per heavy atom. The summed E-state index contributed by atoms with van der Waals surface area (Å²) in [5, 5.41) is 10.8. The number of benzene rings is 1. The van der Waals surface area contributed by atoms with Crippen LogP contribution in [-0.2, 0) is 11.0 Å². The normalized spacial score (nSPS) is 15.9. The van der Waals surface area contributed by atoms with E-state index in [0.29, 0.717) is 18.6 Å². The largest absolute Gasteiger partial charge is 0.416 e. The molecule has 5 nitrogen and oxygen atoms in total. The molecular formula is C11H9F3N2O3. The van der Waals surface area contributed by atoms with Gasteiger partial charge in [-0.1, -0.05) is 0 Å². The van der Waals surface area contributed by atoms with E-state index >= 15 is 0 Å². The molecule has 1 amide bonds. The van der Waals surface area contributed by atoms with Gasteiger partial charge in [-0.3, -0.25) is 14.9 Å². The predicted octanol–water partition coefficient (Wildman–Crippen LogP) is 2.74. The second-order valence-electron chi connectivity index (χ2n) is 4.11. The Balaban J connectivity index is 2.54. The van der Waals surface area contributed by atoms with Crippen LogP contribution in [0.2, 0.25) is 0 Å². The third-order valence-corrected chi connectivity index (χ3v) is 2.86. The lowest BCUT2D eigenvalue weighted by molar-refractivity contribution is -0.384. The predicted molar refractivity (Wildman–Crippen MR) is 59.7 cm³/mol. The maximum absolute atomic E-state index is 12.6. The number of halogens is 3. The summed E-state index contributed by atoms with van der Waals surface area (Å²) in [5.74, 6) is -0.401. The zero-order valence-electron chi connectivity index (χ0n) is 9.61. The molecule has 0 atom stereocenters. The van der Waals surface area contributed by atoms with Gasteiger partial charge in [0.2, 0.25) is 5.91 Å². The van der Waals surface area contributed by atoms with Crippen LogP contribution in [0.5, 0.6) is 0 Å². The summed E-state index contributed by atoms with van der Waals surface area (Å²) in [4.78, 5) is 22.6. The van der Waals surface area contributed by atoms with Crippen molar-refractivity contribution in [2.24, 2.45) is 0 Å². The van der Waals surface area contributed by atoms with E-state index in [1.165, 1.54) is 0 Å². The molecule has 1 heterocycles. The van der Waals surface area contributed by atoms with Crippen LogP contribution in [0.1, 0.15) is 18.4 Å². The fourth-order valence-corrected chi connectivity index (χ4v) is 1.97. The Morgan fingerprint density at radius 1 is 1.32 bits per heavy atom. The number of carbonyl (C=O) groups excluding carboxylic acids is 1. The second kappa shape index (κ2) is 4.52. The number of nitrogens with zero attached hydrogens (tertiary/aromatic N) is 2. The van der Waals surface area contributed by atoms with E-state index in [-0.39, 0.29) is 18.7 Å². The van der Waals surface area contributed by atoms with E-state index in [1.807, 2.05) is 0 Å². The van der Waals surface area contributed by atoms with Gasteiger partial charge in [0.1, 0.15) is 5.69 Å². The molecule has 19 heavy (non-hydrogen) atoms. The van der Waals surface area contributed by atoms with E-state index < -0.39 is 28.3 Å². The fourth-order valence-electron chi connectivity index (χ4n) is 1.97. The molecule has 102 valence electrons. The number of carbonyl (C=O) groups is 1. The summed E-state index contributed by atoms with van der Waals surface area (Å²) >= 11 is 0. The molecule has 0 aromatic heterocycles. The van der Waals surface area contributed by atoms with Crippen molar-refractivity contribution in [2.45, 2.75) is 19.0 Å². The molecular weight excluding hydrogens is 265 g/mol. The fraction of sp³-hybridized carbons (Fsp3) is 0.364. The summed E-state index contributed by atoms with van der Waals surface area (Å²) in [7, 11) is 0. The molecule has 0 aliphatic carbocycles. The maximum Gasteiger partial charge on any atom is 0.416 e. The molecule has 1 fully saturated rings. The first-order chi connectivity index (χ1) is 8.80. The minimum absolute atomic E-state index is 0.188. The molecule has 2 rings (SSSR count). The first-order valence-corrected chi connectivity index (χ1v) is 5.46. The SMILES string of the molecule is O=C1CCCN1c1cc(C(F)(F)F)ccc1[N+](=O)[O-]. The Kier molecular flexibility index (Phi) is 3.17. The summed E-state index contributed by atoms with van der Waals surface area (Å²) in [6.45, 7) is 0.195. The highest BCUT2D eigenvalue weighted by atomic mass is 19.4. The summed E-state index contributed by atoms with van der Waals surface area (Å²) < 4.78 is 37.8. The zero-order chi connectivity index (χ0) is 14.2. The molecule has 0 unspecified atom stereocenters. The van der Waals surface area contributed by atoms with Gasteiger partial charge < -0.3 is 4.90 Å². The van der Waals surface area contributed by atoms with Crippen LogP contribution in [0, 0.1) is 10.1 Å². The van der Waals surface area contributed by atoms with Crippen molar-refractivity contribution in [3.05, 3.63) is 33.9 Å². The molecule has 1 aliphatic rings. The number of anilines is 1. The molecule has 0 bridgehead atoms. The monoisotopic (exact) mass is 274 g/mol. The molecule has 1 aromatic carbocycles. The average Bonchev–Trinajstić information content (AvgIpc) is 2.73. The summed E-state index contributed by atoms with van der Waals surface area (Å²) in [6.07, 6.45) is -3.94. The van der Waals surface area contributed by atoms with Gasteiger partial charge in [-0.05, 0) is 18.6 Å². The Bertz CT molecular complexity index is 542. The first-order valence-electron chi connectivity index (χ1n) is 5.46. The van der Waals surface area contributed by atoms with Gasteiger partial charge >= 0.3 is 6.18 Å². The zero-order valence-corrected chi connectivity index (χ0v) is 9.61. The van der Waals surface area contributed by atoms with Gasteiger partial charge in [-0.15, -0.1) is 0 Å². The number of hydrogen-bond acceptors (Lipinski definition) is 3. The third-order valence-electron chi connectivity index (χ3n) is 2.86. The van der Waals surface area contributed by atoms with Crippen molar-refractivity contribution in [2.75, 3.05) is 11.4 Å². The topological polar surface area (TPSA) is 63.5 Å². The Labute approximate surface area is 105 Å². The molecule has 0 radical (unpaired) electrons. The highest BCUT2D eigenvalue weighted by Gasteiger charge is 2.35. The van der Waals surface area contributed by atoms with E-state index in [9.17, 15) is 28.1 Å². The standard InChI is InChI=1S/C11H9F3N2O3/c12-11(13,14)7-3-4-8(16(18)19)9(6-7)15-5-1-2-10(15)17/h3-4,6H,1-2,5H2. The number of amides is 1. The molecule has 0 spiro atoms. The lowest BCUT2D eigenvalue weighted by atomic mass is 10.1. The number of nitro benzene ring substituents is 1. The minimum Gasteiger partial charge on any atom is -0.306 e. The van der Waals surface area contributed by atoms with Crippen molar-refractivity contribution >= 4 is 17.3 Å². The molecule has 0 saturated carbocycles. The van der Waals surface area contributed by atoms with Gasteiger partial charge in [0.25, 0.3) is 5.69 Å². The summed E-state index contributed by atoms with van der Waals surface area (Å²) in [6, 6.07) is 2.08. The summed E-state index contributed by atoms with van der Waals surface area (Å²) in [5.41, 5.74) is -1.79. The van der Waals surface area contributed by atoms with Gasteiger partial charge in [-0.2, -0.15) is 13.2 Å². The van der Waals surface area contributed by atoms with Crippen molar-refractivity contribution < 1.29 is 22.9 Å². The van der Waals surface area contributed by atoms with Crippen LogP contribution < -0.4 is 4.90 Å². The van der Waals surface area contributed by atoms with Crippen LogP contribution in [0.25, 0.3) is 0 Å². The molecule has 8 heteroatoms. The minimum atomic E-state index is -4.60. The number of alkyl halides is 3. The highest BCUT2D eigenvalue weighted by molar-refractivity contribution is 5.97. The van der Waals surface area contributed by atoms with Crippen molar-refractivity contribution in [3.63, 3.8) is 0 Å². The van der Waals surface area contributed by atoms with Gasteiger partial charge in [0.05, 0.1) is 10.5 Å². The van der Waals surface area contributed by atoms with Crippen LogP contribution in [0.3, 0.4) is 0 Å². The number of nitro groups is 1. The van der Waals surface area contributed by atoms with Crippen molar-refractivity contribution in [1.29, 1.82) is 0 Å². The Morgan fingerprint density at radius 3 is 2.47 bits per heavy atom. The van der Waals surface area contributed by atoms with Crippen molar-refractivity contribution in [1.82, 2.24) is 0 Å². The Hall–Kier alpha value is -2.12. The van der Waals surface area contributed by atoms with E-state index in [0.717, 1.165) is 11.0 Å². The molecule has 0 N–H and O–H groups in total. The quantitative estimate of drug-likeness (QED) is 0.615.